The maximum atomic E-state index is 11.6. The molecule has 4 nitrogen and oxygen atoms in total. The Bertz CT molecular complexity index is 378. The van der Waals surface area contributed by atoms with Crippen LogP contribution >= 0.6 is 0 Å². The van der Waals surface area contributed by atoms with Gasteiger partial charge in [0, 0.05) is 5.57 Å². The van der Waals surface area contributed by atoms with Gasteiger partial charge < -0.3 is 14.9 Å². The molecule has 5 atom stereocenters. The van der Waals surface area contributed by atoms with Crippen LogP contribution in [0.25, 0.3) is 0 Å². The van der Waals surface area contributed by atoms with E-state index >= 15 is 0 Å². The molecule has 2 rings (SSSR count). The second-order valence-electron chi connectivity index (χ2n) is 6.35. The molecule has 108 valence electrons. The molecule has 0 aromatic rings. The number of ether oxygens (including phenoxy) is 1. The van der Waals surface area contributed by atoms with Gasteiger partial charge in [0.15, 0.2) is 0 Å². The standard InChI is InChI=1S/C15H24O4/c1-9(14(18)19-3)10-4-6-15(2)7-5-12(16)13(17)11(15)8-10/h10-13,16-17H,1,4-8H2,2-3H3. The van der Waals surface area contributed by atoms with E-state index in [1.54, 1.807) is 0 Å². The Morgan fingerprint density at radius 2 is 1.95 bits per heavy atom. The third-order valence-corrected chi connectivity index (χ3v) is 5.26. The Morgan fingerprint density at radius 3 is 2.58 bits per heavy atom. The quantitative estimate of drug-likeness (QED) is 0.590. The minimum Gasteiger partial charge on any atom is -0.466 e. The third kappa shape index (κ3) is 2.56. The molecule has 2 saturated carbocycles. The van der Waals surface area contributed by atoms with Crippen LogP contribution < -0.4 is 0 Å². The van der Waals surface area contributed by atoms with Gasteiger partial charge in [-0.05, 0) is 49.4 Å². The van der Waals surface area contributed by atoms with E-state index < -0.39 is 12.2 Å². The van der Waals surface area contributed by atoms with Gasteiger partial charge in [-0.1, -0.05) is 13.5 Å². The number of esters is 1. The van der Waals surface area contributed by atoms with Crippen LogP contribution in [0.5, 0.6) is 0 Å². The number of aliphatic hydroxyl groups excluding tert-OH is 2. The fourth-order valence-electron chi connectivity index (χ4n) is 3.79. The molecular weight excluding hydrogens is 244 g/mol. The van der Waals surface area contributed by atoms with Crippen LogP contribution in [0.1, 0.15) is 39.0 Å². The van der Waals surface area contributed by atoms with E-state index in [-0.39, 0.29) is 23.2 Å². The van der Waals surface area contributed by atoms with E-state index in [4.69, 9.17) is 4.74 Å². The summed E-state index contributed by atoms with van der Waals surface area (Å²) in [6, 6.07) is 0. The van der Waals surface area contributed by atoms with Crippen LogP contribution in [0.3, 0.4) is 0 Å². The highest BCUT2D eigenvalue weighted by Crippen LogP contribution is 2.52. The lowest BCUT2D eigenvalue weighted by atomic mass is 9.56. The summed E-state index contributed by atoms with van der Waals surface area (Å²) in [7, 11) is 1.36. The Balaban J connectivity index is 2.12. The second kappa shape index (κ2) is 5.25. The fourth-order valence-corrected chi connectivity index (χ4v) is 3.79. The number of rotatable bonds is 2. The van der Waals surface area contributed by atoms with Crippen molar-refractivity contribution in [2.24, 2.45) is 17.3 Å². The Kier molecular flexibility index (Phi) is 4.02. The molecule has 0 aliphatic heterocycles. The average Bonchev–Trinajstić information content (AvgIpc) is 2.41. The summed E-state index contributed by atoms with van der Waals surface area (Å²) < 4.78 is 4.72. The molecule has 0 radical (unpaired) electrons. The highest BCUT2D eigenvalue weighted by atomic mass is 16.5. The molecule has 4 heteroatoms. The number of hydrogen-bond acceptors (Lipinski definition) is 4. The molecule has 0 aromatic carbocycles. The molecule has 2 aliphatic carbocycles. The molecule has 2 aliphatic rings. The normalized spacial score (nSPS) is 42.3. The summed E-state index contributed by atoms with van der Waals surface area (Å²) in [5, 5.41) is 20.1. The van der Waals surface area contributed by atoms with Crippen LogP contribution in [0, 0.1) is 17.3 Å². The summed E-state index contributed by atoms with van der Waals surface area (Å²) in [5.74, 6) is -0.263. The molecule has 2 fully saturated rings. The zero-order valence-corrected chi connectivity index (χ0v) is 11.8. The van der Waals surface area contributed by atoms with Gasteiger partial charge in [-0.25, -0.2) is 4.79 Å². The molecule has 0 aromatic heterocycles. The van der Waals surface area contributed by atoms with Crippen LogP contribution in [0.4, 0.5) is 0 Å². The number of carbonyl (C=O) groups is 1. The van der Waals surface area contributed by atoms with Crippen molar-refractivity contribution in [2.75, 3.05) is 7.11 Å². The summed E-state index contributed by atoms with van der Waals surface area (Å²) >= 11 is 0. The van der Waals surface area contributed by atoms with Crippen molar-refractivity contribution in [1.82, 2.24) is 0 Å². The molecule has 5 unspecified atom stereocenters. The Hall–Kier alpha value is -0.870. The van der Waals surface area contributed by atoms with Crippen molar-refractivity contribution in [3.05, 3.63) is 12.2 Å². The van der Waals surface area contributed by atoms with E-state index in [0.717, 1.165) is 19.3 Å². The molecule has 0 spiro atoms. The number of carbonyl (C=O) groups excluding carboxylic acids is 1. The first kappa shape index (κ1) is 14.5. The maximum absolute atomic E-state index is 11.6. The highest BCUT2D eigenvalue weighted by Gasteiger charge is 2.49. The van der Waals surface area contributed by atoms with E-state index in [9.17, 15) is 15.0 Å². The molecule has 0 bridgehead atoms. The SMILES string of the molecule is C=C(C(=O)OC)C1CCC2(C)CCC(O)C(O)C2C1. The lowest BCUT2D eigenvalue weighted by Gasteiger charge is -2.51. The Morgan fingerprint density at radius 1 is 1.32 bits per heavy atom. The van der Waals surface area contributed by atoms with Crippen LogP contribution in [-0.2, 0) is 9.53 Å². The minimum absolute atomic E-state index is 0.0383. The summed E-state index contributed by atoms with van der Waals surface area (Å²) in [6.45, 7) is 6.02. The smallest absolute Gasteiger partial charge is 0.333 e. The van der Waals surface area contributed by atoms with Crippen molar-refractivity contribution in [2.45, 2.75) is 51.2 Å². The molecule has 0 amide bonds. The van der Waals surface area contributed by atoms with Crippen LogP contribution in [-0.4, -0.2) is 35.5 Å². The second-order valence-corrected chi connectivity index (χ2v) is 6.35. The molecule has 19 heavy (non-hydrogen) atoms. The van der Waals surface area contributed by atoms with E-state index in [2.05, 4.69) is 13.5 Å². The molecule has 2 N–H and O–H groups in total. The van der Waals surface area contributed by atoms with E-state index in [1.165, 1.54) is 7.11 Å². The zero-order valence-electron chi connectivity index (χ0n) is 11.8. The largest absolute Gasteiger partial charge is 0.466 e. The van der Waals surface area contributed by atoms with E-state index in [0.29, 0.717) is 18.4 Å². The topological polar surface area (TPSA) is 66.8 Å². The van der Waals surface area contributed by atoms with Gasteiger partial charge in [-0.15, -0.1) is 0 Å². The fraction of sp³-hybridized carbons (Fsp3) is 0.800. The first-order chi connectivity index (χ1) is 8.89. The lowest BCUT2D eigenvalue weighted by molar-refractivity contribution is -0.139. The highest BCUT2D eigenvalue weighted by molar-refractivity contribution is 5.88. The third-order valence-electron chi connectivity index (χ3n) is 5.26. The molecule has 0 heterocycles. The number of hydrogen-bond donors (Lipinski definition) is 2. The van der Waals surface area contributed by atoms with Crippen LogP contribution in [0.15, 0.2) is 12.2 Å². The maximum Gasteiger partial charge on any atom is 0.333 e. The van der Waals surface area contributed by atoms with Crippen LogP contribution in [0.2, 0.25) is 0 Å². The van der Waals surface area contributed by atoms with Gasteiger partial charge in [0.05, 0.1) is 19.3 Å². The Labute approximate surface area is 114 Å². The molecule has 0 saturated heterocycles. The van der Waals surface area contributed by atoms with Crippen molar-refractivity contribution < 1.29 is 19.7 Å². The number of methoxy groups -OCH3 is 1. The zero-order chi connectivity index (χ0) is 14.2. The first-order valence-corrected chi connectivity index (χ1v) is 7.02. The predicted octanol–water partition coefficient (Wildman–Crippen LogP) is 1.65. The number of fused-ring (bicyclic) bond motifs is 1. The number of aliphatic hydroxyl groups is 2. The first-order valence-electron chi connectivity index (χ1n) is 7.02. The average molecular weight is 268 g/mol. The summed E-state index contributed by atoms with van der Waals surface area (Å²) in [6.07, 6.45) is 2.86. The van der Waals surface area contributed by atoms with Gasteiger partial charge in [0.2, 0.25) is 0 Å². The monoisotopic (exact) mass is 268 g/mol. The predicted molar refractivity (Wildman–Crippen MR) is 71.3 cm³/mol. The van der Waals surface area contributed by atoms with Gasteiger partial charge >= 0.3 is 5.97 Å². The van der Waals surface area contributed by atoms with Crippen molar-refractivity contribution in [3.63, 3.8) is 0 Å². The molecular formula is C15H24O4. The van der Waals surface area contributed by atoms with E-state index in [1.807, 2.05) is 0 Å². The van der Waals surface area contributed by atoms with Gasteiger partial charge in [0.1, 0.15) is 0 Å². The summed E-state index contributed by atoms with van der Waals surface area (Å²) in [4.78, 5) is 11.6. The van der Waals surface area contributed by atoms with Gasteiger partial charge in [-0.3, -0.25) is 0 Å². The minimum atomic E-state index is -0.688. The lowest BCUT2D eigenvalue weighted by Crippen LogP contribution is -2.50. The van der Waals surface area contributed by atoms with Crippen molar-refractivity contribution in [3.8, 4) is 0 Å². The van der Waals surface area contributed by atoms with Gasteiger partial charge in [0.25, 0.3) is 0 Å². The van der Waals surface area contributed by atoms with Crippen molar-refractivity contribution >= 4 is 5.97 Å². The summed E-state index contributed by atoms with van der Waals surface area (Å²) in [5.41, 5.74) is 0.572. The van der Waals surface area contributed by atoms with Gasteiger partial charge in [-0.2, -0.15) is 0 Å². The van der Waals surface area contributed by atoms with Crippen molar-refractivity contribution in [1.29, 1.82) is 0 Å².